The van der Waals surface area contributed by atoms with Crippen molar-refractivity contribution in [3.8, 4) is 10.4 Å². The number of thiophene rings is 1. The van der Waals surface area contributed by atoms with Crippen molar-refractivity contribution in [3.63, 3.8) is 0 Å². The van der Waals surface area contributed by atoms with Crippen LogP contribution in [0.2, 0.25) is 0 Å². The van der Waals surface area contributed by atoms with Crippen LogP contribution in [0.3, 0.4) is 0 Å². The van der Waals surface area contributed by atoms with Gasteiger partial charge in [0, 0.05) is 10.8 Å². The van der Waals surface area contributed by atoms with Gasteiger partial charge in [0.15, 0.2) is 0 Å². The van der Waals surface area contributed by atoms with Crippen molar-refractivity contribution < 1.29 is 14.0 Å². The summed E-state index contributed by atoms with van der Waals surface area (Å²) in [7, 11) is 0. The van der Waals surface area contributed by atoms with E-state index in [9.17, 15) is 14.0 Å². The molecule has 2 N–H and O–H groups in total. The first kappa shape index (κ1) is 13.8. The summed E-state index contributed by atoms with van der Waals surface area (Å²) in [5, 5.41) is 0. The van der Waals surface area contributed by atoms with E-state index in [1.54, 1.807) is 24.3 Å². The highest BCUT2D eigenvalue weighted by Gasteiger charge is 2.29. The number of carbonyl (C=O) groups is 2. The van der Waals surface area contributed by atoms with Gasteiger partial charge in [0.25, 0.3) is 5.91 Å². The molecule has 1 saturated carbocycles. The summed E-state index contributed by atoms with van der Waals surface area (Å²) in [5.41, 5.74) is 5.67. The number of carbonyl (C=O) groups excluding carboxylic acids is 2. The molecule has 3 rings (SSSR count). The number of halogens is 1. The summed E-state index contributed by atoms with van der Waals surface area (Å²) in [5.74, 6) is -0.736. The predicted molar refractivity (Wildman–Crippen MR) is 78.0 cm³/mol. The van der Waals surface area contributed by atoms with E-state index < -0.39 is 0 Å². The van der Waals surface area contributed by atoms with Crippen LogP contribution in [-0.4, -0.2) is 11.8 Å². The second-order valence-corrected chi connectivity index (χ2v) is 5.97. The first-order chi connectivity index (χ1) is 10.1. The average Bonchev–Trinajstić information content (AvgIpc) is 3.23. The van der Waals surface area contributed by atoms with Crippen molar-refractivity contribution >= 4 is 23.2 Å². The van der Waals surface area contributed by atoms with Crippen LogP contribution in [0.25, 0.3) is 10.4 Å². The standard InChI is InChI=1S/C15H13FN2O2S/c16-11-5-3-9(4-6-11)12-7-8-13(21-12)15(20)18-17-14(19)10-1-2-10/h3-8,10H,1-2H2,(H,17,19)(H,18,20). The SMILES string of the molecule is O=C(NNC(=O)C1CC1)c1ccc(-c2ccc(F)cc2)s1. The molecule has 0 unspecified atom stereocenters. The Kier molecular flexibility index (Phi) is 3.70. The smallest absolute Gasteiger partial charge is 0.273 e. The van der Waals surface area contributed by atoms with E-state index in [1.165, 1.54) is 23.5 Å². The normalized spacial score (nSPS) is 13.8. The molecular weight excluding hydrogens is 291 g/mol. The van der Waals surface area contributed by atoms with Gasteiger partial charge in [0.2, 0.25) is 5.91 Å². The van der Waals surface area contributed by atoms with Gasteiger partial charge in [-0.15, -0.1) is 11.3 Å². The molecule has 6 heteroatoms. The molecule has 1 aliphatic carbocycles. The van der Waals surface area contributed by atoms with E-state index in [1.807, 2.05) is 0 Å². The van der Waals surface area contributed by atoms with E-state index in [2.05, 4.69) is 10.9 Å². The number of hydrogen-bond donors (Lipinski definition) is 2. The van der Waals surface area contributed by atoms with E-state index in [4.69, 9.17) is 0 Å². The van der Waals surface area contributed by atoms with E-state index in [-0.39, 0.29) is 23.5 Å². The summed E-state index contributed by atoms with van der Waals surface area (Å²) < 4.78 is 12.9. The van der Waals surface area contributed by atoms with Gasteiger partial charge in [0.1, 0.15) is 5.82 Å². The van der Waals surface area contributed by atoms with E-state index >= 15 is 0 Å². The summed E-state index contributed by atoms with van der Waals surface area (Å²) >= 11 is 1.29. The third-order valence-electron chi connectivity index (χ3n) is 3.21. The number of rotatable bonds is 3. The van der Waals surface area contributed by atoms with E-state index in [0.29, 0.717) is 4.88 Å². The first-order valence-corrected chi connectivity index (χ1v) is 7.41. The topological polar surface area (TPSA) is 58.2 Å². The Balaban J connectivity index is 1.64. The number of benzene rings is 1. The van der Waals surface area contributed by atoms with Gasteiger partial charge in [-0.3, -0.25) is 20.4 Å². The Morgan fingerprint density at radius 1 is 1.05 bits per heavy atom. The van der Waals surface area contributed by atoms with Crippen molar-refractivity contribution in [2.24, 2.45) is 5.92 Å². The van der Waals surface area contributed by atoms with Gasteiger partial charge in [0.05, 0.1) is 4.88 Å². The average molecular weight is 304 g/mol. The molecule has 21 heavy (non-hydrogen) atoms. The maximum absolute atomic E-state index is 12.9. The Morgan fingerprint density at radius 3 is 2.43 bits per heavy atom. The maximum atomic E-state index is 12.9. The quantitative estimate of drug-likeness (QED) is 0.857. The first-order valence-electron chi connectivity index (χ1n) is 6.59. The molecule has 4 nitrogen and oxygen atoms in total. The highest BCUT2D eigenvalue weighted by atomic mass is 32.1. The molecule has 2 aromatic rings. The lowest BCUT2D eigenvalue weighted by atomic mass is 10.2. The molecule has 1 aromatic heterocycles. The monoisotopic (exact) mass is 304 g/mol. The minimum Gasteiger partial charge on any atom is -0.273 e. The minimum absolute atomic E-state index is 0.0448. The molecule has 1 aromatic carbocycles. The van der Waals surface area contributed by atoms with Crippen LogP contribution >= 0.6 is 11.3 Å². The molecule has 0 saturated heterocycles. The Morgan fingerprint density at radius 2 is 1.76 bits per heavy atom. The summed E-state index contributed by atoms with van der Waals surface area (Å²) in [6.07, 6.45) is 1.77. The van der Waals surface area contributed by atoms with Gasteiger partial charge < -0.3 is 0 Å². The lowest BCUT2D eigenvalue weighted by molar-refractivity contribution is -0.123. The molecule has 1 fully saturated rings. The van der Waals surface area contributed by atoms with Gasteiger partial charge in [-0.1, -0.05) is 12.1 Å². The van der Waals surface area contributed by atoms with Crippen molar-refractivity contribution in [2.45, 2.75) is 12.8 Å². The Bertz CT molecular complexity index is 677. The minimum atomic E-state index is -0.345. The second kappa shape index (κ2) is 5.65. The molecule has 2 amide bonds. The van der Waals surface area contributed by atoms with Gasteiger partial charge in [-0.05, 0) is 42.7 Å². The van der Waals surface area contributed by atoms with Crippen molar-refractivity contribution in [2.75, 3.05) is 0 Å². The fourth-order valence-corrected chi connectivity index (χ4v) is 2.76. The summed E-state index contributed by atoms with van der Waals surface area (Å²) in [6, 6.07) is 9.57. The third kappa shape index (κ3) is 3.28. The van der Waals surface area contributed by atoms with Crippen molar-refractivity contribution in [3.05, 3.63) is 47.1 Å². The lowest BCUT2D eigenvalue weighted by Crippen LogP contribution is -2.42. The van der Waals surface area contributed by atoms with Crippen LogP contribution < -0.4 is 10.9 Å². The molecule has 0 atom stereocenters. The summed E-state index contributed by atoms with van der Waals surface area (Å²) in [6.45, 7) is 0. The predicted octanol–water partition coefficient (Wildman–Crippen LogP) is 2.73. The Labute approximate surface area is 125 Å². The van der Waals surface area contributed by atoms with Gasteiger partial charge in [-0.25, -0.2) is 4.39 Å². The van der Waals surface area contributed by atoms with Crippen LogP contribution in [0.5, 0.6) is 0 Å². The van der Waals surface area contributed by atoms with Crippen molar-refractivity contribution in [1.29, 1.82) is 0 Å². The number of hydrogen-bond acceptors (Lipinski definition) is 3. The Hall–Kier alpha value is -2.21. The van der Waals surface area contributed by atoms with Crippen LogP contribution in [-0.2, 0) is 4.79 Å². The van der Waals surface area contributed by atoms with Crippen molar-refractivity contribution in [1.82, 2.24) is 10.9 Å². The number of hydrazine groups is 1. The van der Waals surface area contributed by atoms with Crippen LogP contribution in [0, 0.1) is 11.7 Å². The second-order valence-electron chi connectivity index (χ2n) is 4.89. The molecule has 1 aliphatic rings. The number of nitrogens with one attached hydrogen (secondary N) is 2. The van der Waals surface area contributed by atoms with Gasteiger partial charge in [-0.2, -0.15) is 0 Å². The third-order valence-corrected chi connectivity index (χ3v) is 4.34. The van der Waals surface area contributed by atoms with Crippen LogP contribution in [0.15, 0.2) is 36.4 Å². The maximum Gasteiger partial charge on any atom is 0.279 e. The molecule has 1 heterocycles. The highest BCUT2D eigenvalue weighted by molar-refractivity contribution is 7.17. The zero-order chi connectivity index (χ0) is 14.8. The zero-order valence-electron chi connectivity index (χ0n) is 11.1. The zero-order valence-corrected chi connectivity index (χ0v) is 11.9. The summed E-state index contributed by atoms with van der Waals surface area (Å²) in [4.78, 5) is 24.7. The number of amides is 2. The lowest BCUT2D eigenvalue weighted by Gasteiger charge is -2.04. The van der Waals surface area contributed by atoms with E-state index in [0.717, 1.165) is 23.3 Å². The molecule has 108 valence electrons. The van der Waals surface area contributed by atoms with Gasteiger partial charge >= 0.3 is 0 Å². The van der Waals surface area contributed by atoms with Crippen LogP contribution in [0.4, 0.5) is 4.39 Å². The fourth-order valence-electron chi connectivity index (χ4n) is 1.86. The molecular formula is C15H13FN2O2S. The largest absolute Gasteiger partial charge is 0.279 e. The fraction of sp³-hybridized carbons (Fsp3) is 0.200. The molecule has 0 aliphatic heterocycles. The molecule has 0 bridgehead atoms. The highest BCUT2D eigenvalue weighted by Crippen LogP contribution is 2.29. The van der Waals surface area contributed by atoms with Crippen LogP contribution in [0.1, 0.15) is 22.5 Å². The molecule has 0 spiro atoms. The molecule has 0 radical (unpaired) electrons.